The number of carbonyl (C=O) groups excluding carboxylic acids is 1. The normalized spacial score (nSPS) is 11.8. The molecule has 1 unspecified atom stereocenters. The summed E-state index contributed by atoms with van der Waals surface area (Å²) >= 11 is 0. The molecule has 2 aromatic carbocycles. The van der Waals surface area contributed by atoms with Gasteiger partial charge in [-0.2, -0.15) is 0 Å². The van der Waals surface area contributed by atoms with Crippen LogP contribution in [0.25, 0.3) is 0 Å². The Kier molecular flexibility index (Phi) is 6.32. The SMILES string of the molecule is CCN(CC(O)c1ccc(C)cc1)C(=O)NCc1cccc(F)c1. The summed E-state index contributed by atoms with van der Waals surface area (Å²) in [6, 6.07) is 13.4. The number of rotatable bonds is 6. The number of aryl methyl sites for hydroxylation is 1. The molecule has 0 radical (unpaired) electrons. The van der Waals surface area contributed by atoms with Gasteiger partial charge in [-0.25, -0.2) is 9.18 Å². The van der Waals surface area contributed by atoms with Crippen molar-refractivity contribution in [3.05, 3.63) is 71.0 Å². The second kappa shape index (κ2) is 8.45. The predicted molar refractivity (Wildman–Crippen MR) is 92.0 cm³/mol. The first-order chi connectivity index (χ1) is 11.5. The Labute approximate surface area is 141 Å². The summed E-state index contributed by atoms with van der Waals surface area (Å²) in [7, 11) is 0. The van der Waals surface area contributed by atoms with Gasteiger partial charge in [0.05, 0.1) is 12.6 Å². The van der Waals surface area contributed by atoms with E-state index >= 15 is 0 Å². The molecule has 0 heterocycles. The smallest absolute Gasteiger partial charge is 0.317 e. The Hall–Kier alpha value is -2.40. The Morgan fingerprint density at radius 1 is 1.25 bits per heavy atom. The first-order valence-electron chi connectivity index (χ1n) is 8.01. The first kappa shape index (κ1) is 17.9. The van der Waals surface area contributed by atoms with Crippen LogP contribution >= 0.6 is 0 Å². The summed E-state index contributed by atoms with van der Waals surface area (Å²) in [5.41, 5.74) is 2.58. The lowest BCUT2D eigenvalue weighted by Gasteiger charge is -2.24. The summed E-state index contributed by atoms with van der Waals surface area (Å²) in [5.74, 6) is -0.330. The molecule has 128 valence electrons. The molecule has 2 N–H and O–H groups in total. The van der Waals surface area contributed by atoms with Crippen molar-refractivity contribution in [2.75, 3.05) is 13.1 Å². The minimum absolute atomic E-state index is 0.203. The summed E-state index contributed by atoms with van der Waals surface area (Å²) in [4.78, 5) is 13.8. The molecule has 0 aliphatic carbocycles. The third kappa shape index (κ3) is 5.06. The van der Waals surface area contributed by atoms with Gasteiger partial charge in [-0.3, -0.25) is 0 Å². The van der Waals surface area contributed by atoms with Gasteiger partial charge in [0, 0.05) is 13.1 Å². The zero-order valence-electron chi connectivity index (χ0n) is 14.0. The average Bonchev–Trinajstić information content (AvgIpc) is 2.58. The number of amides is 2. The van der Waals surface area contributed by atoms with Crippen molar-refractivity contribution in [2.24, 2.45) is 0 Å². The summed E-state index contributed by atoms with van der Waals surface area (Å²) in [5, 5.41) is 13.1. The van der Waals surface area contributed by atoms with Crippen LogP contribution in [0.5, 0.6) is 0 Å². The van der Waals surface area contributed by atoms with Gasteiger partial charge in [-0.05, 0) is 37.1 Å². The highest BCUT2D eigenvalue weighted by Gasteiger charge is 2.17. The summed E-state index contributed by atoms with van der Waals surface area (Å²) in [6.07, 6.45) is -0.745. The van der Waals surface area contributed by atoms with Crippen LogP contribution < -0.4 is 5.32 Å². The second-order valence-corrected chi connectivity index (χ2v) is 5.75. The van der Waals surface area contributed by atoms with E-state index in [4.69, 9.17) is 0 Å². The van der Waals surface area contributed by atoms with Crippen LogP contribution in [-0.2, 0) is 6.54 Å². The van der Waals surface area contributed by atoms with Crippen molar-refractivity contribution in [3.63, 3.8) is 0 Å². The van der Waals surface area contributed by atoms with Crippen LogP contribution in [0.1, 0.15) is 29.7 Å². The molecule has 0 aliphatic heterocycles. The van der Waals surface area contributed by atoms with E-state index < -0.39 is 6.10 Å². The van der Waals surface area contributed by atoms with Crippen LogP contribution in [0, 0.1) is 12.7 Å². The Morgan fingerprint density at radius 3 is 2.58 bits per heavy atom. The third-order valence-electron chi connectivity index (χ3n) is 3.86. The Morgan fingerprint density at radius 2 is 1.96 bits per heavy atom. The molecular formula is C19H23FN2O2. The van der Waals surface area contributed by atoms with Crippen molar-refractivity contribution in [1.29, 1.82) is 0 Å². The molecule has 0 bridgehead atoms. The van der Waals surface area contributed by atoms with Crippen molar-refractivity contribution in [2.45, 2.75) is 26.5 Å². The molecule has 2 amide bonds. The van der Waals surface area contributed by atoms with Crippen molar-refractivity contribution in [3.8, 4) is 0 Å². The zero-order chi connectivity index (χ0) is 17.5. The van der Waals surface area contributed by atoms with Crippen LogP contribution in [0.15, 0.2) is 48.5 Å². The minimum Gasteiger partial charge on any atom is -0.387 e. The lowest BCUT2D eigenvalue weighted by atomic mass is 10.1. The largest absolute Gasteiger partial charge is 0.387 e. The number of nitrogens with one attached hydrogen (secondary N) is 1. The number of benzene rings is 2. The standard InChI is InChI=1S/C19H23FN2O2/c1-3-22(13-18(23)16-9-7-14(2)8-10-16)19(24)21-12-15-5-4-6-17(20)11-15/h4-11,18,23H,3,12-13H2,1-2H3,(H,21,24). The summed E-state index contributed by atoms with van der Waals surface area (Å²) in [6.45, 7) is 4.75. The summed E-state index contributed by atoms with van der Waals surface area (Å²) < 4.78 is 13.1. The van der Waals surface area contributed by atoms with E-state index in [1.54, 1.807) is 12.1 Å². The number of aliphatic hydroxyl groups excluding tert-OH is 1. The third-order valence-corrected chi connectivity index (χ3v) is 3.86. The van der Waals surface area contributed by atoms with Gasteiger partial charge in [0.25, 0.3) is 0 Å². The fourth-order valence-corrected chi connectivity index (χ4v) is 2.39. The van der Waals surface area contributed by atoms with E-state index in [9.17, 15) is 14.3 Å². The van der Waals surface area contributed by atoms with Gasteiger partial charge in [-0.15, -0.1) is 0 Å². The van der Waals surface area contributed by atoms with Crippen LogP contribution in [-0.4, -0.2) is 29.1 Å². The molecule has 0 saturated heterocycles. The van der Waals surface area contributed by atoms with E-state index in [-0.39, 0.29) is 24.9 Å². The number of aliphatic hydroxyl groups is 1. The van der Waals surface area contributed by atoms with E-state index in [0.29, 0.717) is 12.1 Å². The van der Waals surface area contributed by atoms with Crippen LogP contribution in [0.2, 0.25) is 0 Å². The minimum atomic E-state index is -0.745. The van der Waals surface area contributed by atoms with E-state index in [0.717, 1.165) is 11.1 Å². The number of hydrogen-bond acceptors (Lipinski definition) is 2. The lowest BCUT2D eigenvalue weighted by Crippen LogP contribution is -2.41. The molecule has 0 aliphatic rings. The van der Waals surface area contributed by atoms with E-state index in [1.807, 2.05) is 38.1 Å². The van der Waals surface area contributed by atoms with Crippen molar-refractivity contribution in [1.82, 2.24) is 10.2 Å². The highest BCUT2D eigenvalue weighted by atomic mass is 19.1. The predicted octanol–water partition coefficient (Wildman–Crippen LogP) is 3.40. The maximum atomic E-state index is 13.1. The van der Waals surface area contributed by atoms with Gasteiger partial charge < -0.3 is 15.3 Å². The molecule has 24 heavy (non-hydrogen) atoms. The Bertz CT molecular complexity index is 673. The monoisotopic (exact) mass is 330 g/mol. The van der Waals surface area contributed by atoms with Gasteiger partial charge in [0.15, 0.2) is 0 Å². The fraction of sp³-hybridized carbons (Fsp3) is 0.316. The van der Waals surface area contributed by atoms with Crippen molar-refractivity contribution >= 4 is 6.03 Å². The molecular weight excluding hydrogens is 307 g/mol. The first-order valence-corrected chi connectivity index (χ1v) is 8.01. The molecule has 0 fully saturated rings. The van der Waals surface area contributed by atoms with Gasteiger partial charge in [0.1, 0.15) is 5.82 Å². The molecule has 2 rings (SSSR count). The topological polar surface area (TPSA) is 52.6 Å². The molecule has 0 saturated carbocycles. The maximum Gasteiger partial charge on any atom is 0.317 e. The average molecular weight is 330 g/mol. The zero-order valence-corrected chi connectivity index (χ0v) is 14.0. The highest BCUT2D eigenvalue weighted by molar-refractivity contribution is 5.74. The molecule has 0 spiro atoms. The fourth-order valence-electron chi connectivity index (χ4n) is 2.39. The molecule has 1 atom stereocenters. The van der Waals surface area contributed by atoms with Gasteiger partial charge in [0.2, 0.25) is 0 Å². The highest BCUT2D eigenvalue weighted by Crippen LogP contribution is 2.15. The number of hydrogen-bond donors (Lipinski definition) is 2. The number of likely N-dealkylation sites (N-methyl/N-ethyl adjacent to an activating group) is 1. The maximum absolute atomic E-state index is 13.1. The van der Waals surface area contributed by atoms with E-state index in [1.165, 1.54) is 17.0 Å². The second-order valence-electron chi connectivity index (χ2n) is 5.75. The van der Waals surface area contributed by atoms with Crippen molar-refractivity contribution < 1.29 is 14.3 Å². The van der Waals surface area contributed by atoms with Gasteiger partial charge in [-0.1, -0.05) is 42.0 Å². The van der Waals surface area contributed by atoms with Crippen LogP contribution in [0.4, 0.5) is 9.18 Å². The molecule has 5 heteroatoms. The Balaban J connectivity index is 1.92. The number of carbonyl (C=O) groups is 1. The number of nitrogens with zero attached hydrogens (tertiary/aromatic N) is 1. The van der Waals surface area contributed by atoms with Crippen LogP contribution in [0.3, 0.4) is 0 Å². The van der Waals surface area contributed by atoms with Gasteiger partial charge >= 0.3 is 6.03 Å². The molecule has 0 aromatic heterocycles. The lowest BCUT2D eigenvalue weighted by molar-refractivity contribution is 0.123. The number of halogens is 1. The number of urea groups is 1. The molecule has 4 nitrogen and oxygen atoms in total. The quantitative estimate of drug-likeness (QED) is 0.853. The molecule has 2 aromatic rings. The van der Waals surface area contributed by atoms with E-state index in [2.05, 4.69) is 5.32 Å².